The number of nitrogen functional groups attached to an aromatic ring is 1. The SMILES string of the molecule is Nc1cn[nH]c1C1CCCCN1S(=O)(=O)CC12CCC(CC1)C2. The molecule has 3 aliphatic rings. The largest absolute Gasteiger partial charge is 0.396 e. The fourth-order valence-electron chi connectivity index (χ4n) is 5.08. The number of nitrogens with one attached hydrogen (secondary N) is 1. The minimum absolute atomic E-state index is 0.0467. The summed E-state index contributed by atoms with van der Waals surface area (Å²) < 4.78 is 28.1. The molecular weight excluding hydrogens is 312 g/mol. The molecule has 128 valence electrons. The zero-order valence-corrected chi connectivity index (χ0v) is 14.3. The molecule has 1 aromatic heterocycles. The third kappa shape index (κ3) is 2.67. The van der Waals surface area contributed by atoms with Crippen LogP contribution in [0.15, 0.2) is 6.20 Å². The van der Waals surface area contributed by atoms with Crippen molar-refractivity contribution in [2.24, 2.45) is 11.3 Å². The molecule has 0 radical (unpaired) electrons. The summed E-state index contributed by atoms with van der Waals surface area (Å²) in [5, 5.41) is 6.90. The number of nitrogens with two attached hydrogens (primary N) is 1. The molecule has 2 bridgehead atoms. The highest BCUT2D eigenvalue weighted by molar-refractivity contribution is 7.89. The number of aromatic nitrogens is 2. The first-order chi connectivity index (χ1) is 11.0. The van der Waals surface area contributed by atoms with Crippen LogP contribution in [0.4, 0.5) is 5.69 Å². The van der Waals surface area contributed by atoms with Crippen LogP contribution in [0.3, 0.4) is 0 Å². The number of piperidine rings is 1. The second-order valence-corrected chi connectivity index (χ2v) is 9.69. The number of H-pyrrole nitrogens is 1. The van der Waals surface area contributed by atoms with Gasteiger partial charge < -0.3 is 5.73 Å². The Morgan fingerprint density at radius 2 is 2.09 bits per heavy atom. The maximum absolute atomic E-state index is 13.2. The Bertz CT molecular complexity index is 676. The van der Waals surface area contributed by atoms with Crippen molar-refractivity contribution in [3.63, 3.8) is 0 Å². The van der Waals surface area contributed by atoms with E-state index in [4.69, 9.17) is 5.73 Å². The van der Waals surface area contributed by atoms with Gasteiger partial charge in [-0.2, -0.15) is 9.40 Å². The van der Waals surface area contributed by atoms with Gasteiger partial charge in [0, 0.05) is 6.54 Å². The lowest BCUT2D eigenvalue weighted by molar-refractivity contribution is 0.243. The van der Waals surface area contributed by atoms with E-state index in [9.17, 15) is 8.42 Å². The Hall–Kier alpha value is -1.08. The fourth-order valence-corrected chi connectivity index (χ4v) is 7.43. The zero-order chi connectivity index (χ0) is 16.1. The summed E-state index contributed by atoms with van der Waals surface area (Å²) in [5.41, 5.74) is 7.36. The van der Waals surface area contributed by atoms with Crippen LogP contribution in [0.5, 0.6) is 0 Å². The van der Waals surface area contributed by atoms with Gasteiger partial charge in [-0.25, -0.2) is 8.42 Å². The first kappa shape index (κ1) is 15.4. The van der Waals surface area contributed by atoms with Crippen molar-refractivity contribution in [1.29, 1.82) is 0 Å². The van der Waals surface area contributed by atoms with Crippen molar-refractivity contribution in [2.75, 3.05) is 18.0 Å². The molecule has 2 aliphatic carbocycles. The molecule has 3 N–H and O–H groups in total. The maximum atomic E-state index is 13.2. The summed E-state index contributed by atoms with van der Waals surface area (Å²) >= 11 is 0. The Kier molecular flexibility index (Phi) is 3.68. The summed E-state index contributed by atoms with van der Waals surface area (Å²) in [7, 11) is -3.27. The van der Waals surface area contributed by atoms with E-state index in [0.717, 1.165) is 50.1 Å². The summed E-state index contributed by atoms with van der Waals surface area (Å²) in [4.78, 5) is 0. The van der Waals surface area contributed by atoms with Crippen molar-refractivity contribution in [2.45, 2.75) is 57.4 Å². The molecule has 0 amide bonds. The minimum Gasteiger partial charge on any atom is -0.396 e. The lowest BCUT2D eigenvalue weighted by Gasteiger charge is -2.37. The highest BCUT2D eigenvalue weighted by atomic mass is 32.2. The van der Waals surface area contributed by atoms with E-state index >= 15 is 0 Å². The fraction of sp³-hybridized carbons (Fsp3) is 0.812. The van der Waals surface area contributed by atoms with Gasteiger partial charge in [-0.15, -0.1) is 0 Å². The van der Waals surface area contributed by atoms with Gasteiger partial charge in [-0.1, -0.05) is 6.42 Å². The van der Waals surface area contributed by atoms with Crippen LogP contribution in [-0.4, -0.2) is 35.2 Å². The van der Waals surface area contributed by atoms with E-state index in [1.165, 1.54) is 12.8 Å². The van der Waals surface area contributed by atoms with Crippen molar-refractivity contribution >= 4 is 15.7 Å². The van der Waals surface area contributed by atoms with Gasteiger partial charge in [0.1, 0.15) is 0 Å². The number of hydrogen-bond donors (Lipinski definition) is 2. The number of aromatic amines is 1. The normalized spacial score (nSPS) is 35.0. The molecular formula is C16H26N4O2S. The Morgan fingerprint density at radius 3 is 2.70 bits per heavy atom. The standard InChI is InChI=1S/C16H26N4O2S/c17-13-10-18-19-15(13)14-3-1-2-8-20(14)23(21,22)11-16-6-4-12(9-16)5-7-16/h10,12,14H,1-9,11,17H2,(H,18,19). The van der Waals surface area contributed by atoms with Crippen molar-refractivity contribution in [1.82, 2.24) is 14.5 Å². The highest BCUT2D eigenvalue weighted by Gasteiger charge is 2.49. The van der Waals surface area contributed by atoms with Crippen molar-refractivity contribution < 1.29 is 8.42 Å². The third-order valence-electron chi connectivity index (χ3n) is 6.22. The molecule has 4 rings (SSSR count). The zero-order valence-electron chi connectivity index (χ0n) is 13.5. The monoisotopic (exact) mass is 338 g/mol. The number of rotatable bonds is 4. The molecule has 1 aromatic rings. The summed E-state index contributed by atoms with van der Waals surface area (Å²) in [6.07, 6.45) is 10.1. The van der Waals surface area contributed by atoms with Gasteiger partial charge >= 0.3 is 0 Å². The van der Waals surface area contributed by atoms with Crippen LogP contribution >= 0.6 is 0 Å². The van der Waals surface area contributed by atoms with Gasteiger partial charge in [-0.3, -0.25) is 5.10 Å². The number of sulfonamides is 1. The molecule has 1 saturated heterocycles. The van der Waals surface area contributed by atoms with E-state index in [-0.39, 0.29) is 11.5 Å². The predicted octanol–water partition coefficient (Wildman–Crippen LogP) is 2.43. The van der Waals surface area contributed by atoms with E-state index in [0.29, 0.717) is 18.0 Å². The first-order valence-corrected chi connectivity index (χ1v) is 10.4. The molecule has 2 saturated carbocycles. The summed E-state index contributed by atoms with van der Waals surface area (Å²) in [5.74, 6) is 1.09. The van der Waals surface area contributed by atoms with Gasteiger partial charge in [-0.05, 0) is 56.3 Å². The maximum Gasteiger partial charge on any atom is 0.215 e. The van der Waals surface area contributed by atoms with Crippen LogP contribution in [0.1, 0.15) is 63.1 Å². The Balaban J connectivity index is 1.60. The van der Waals surface area contributed by atoms with Gasteiger partial charge in [0.2, 0.25) is 10.0 Å². The van der Waals surface area contributed by atoms with Gasteiger partial charge in [0.15, 0.2) is 0 Å². The number of nitrogens with zero attached hydrogens (tertiary/aromatic N) is 2. The van der Waals surface area contributed by atoms with E-state index in [1.807, 2.05) is 0 Å². The molecule has 1 atom stereocenters. The number of hydrogen-bond acceptors (Lipinski definition) is 4. The minimum atomic E-state index is -3.27. The molecule has 0 spiro atoms. The molecule has 0 aromatic carbocycles. The van der Waals surface area contributed by atoms with Crippen LogP contribution in [0.2, 0.25) is 0 Å². The van der Waals surface area contributed by atoms with Crippen LogP contribution in [0.25, 0.3) is 0 Å². The van der Waals surface area contributed by atoms with Crippen LogP contribution in [-0.2, 0) is 10.0 Å². The quantitative estimate of drug-likeness (QED) is 0.882. The number of fused-ring (bicyclic) bond motifs is 2. The molecule has 23 heavy (non-hydrogen) atoms. The molecule has 7 heteroatoms. The predicted molar refractivity (Wildman–Crippen MR) is 89.1 cm³/mol. The number of anilines is 1. The summed E-state index contributed by atoms with van der Waals surface area (Å²) in [6.45, 7) is 0.602. The summed E-state index contributed by atoms with van der Waals surface area (Å²) in [6, 6.07) is -0.175. The van der Waals surface area contributed by atoms with E-state index in [2.05, 4.69) is 10.2 Å². The molecule has 3 fully saturated rings. The van der Waals surface area contributed by atoms with E-state index < -0.39 is 10.0 Å². The van der Waals surface area contributed by atoms with Gasteiger partial charge in [0.05, 0.1) is 29.4 Å². The topological polar surface area (TPSA) is 92.1 Å². The van der Waals surface area contributed by atoms with Crippen LogP contribution < -0.4 is 5.73 Å². The lowest BCUT2D eigenvalue weighted by atomic mass is 9.87. The Labute approximate surface area is 137 Å². The highest BCUT2D eigenvalue weighted by Crippen LogP contribution is 2.55. The molecule has 1 unspecified atom stereocenters. The third-order valence-corrected chi connectivity index (χ3v) is 8.35. The van der Waals surface area contributed by atoms with Crippen molar-refractivity contribution in [3.05, 3.63) is 11.9 Å². The lowest BCUT2D eigenvalue weighted by Crippen LogP contribution is -2.43. The molecule has 1 aliphatic heterocycles. The van der Waals surface area contributed by atoms with E-state index in [1.54, 1.807) is 10.5 Å². The Morgan fingerprint density at radius 1 is 1.30 bits per heavy atom. The van der Waals surface area contributed by atoms with Crippen LogP contribution in [0, 0.1) is 11.3 Å². The second kappa shape index (κ2) is 5.48. The average Bonchev–Trinajstić information content (AvgIpc) is 3.22. The molecule has 6 nitrogen and oxygen atoms in total. The first-order valence-electron chi connectivity index (χ1n) is 8.77. The smallest absolute Gasteiger partial charge is 0.215 e. The average molecular weight is 338 g/mol. The van der Waals surface area contributed by atoms with Crippen molar-refractivity contribution in [3.8, 4) is 0 Å². The van der Waals surface area contributed by atoms with Gasteiger partial charge in [0.25, 0.3) is 0 Å². The molecule has 2 heterocycles. The second-order valence-electron chi connectivity index (χ2n) is 7.77.